The van der Waals surface area contributed by atoms with E-state index in [4.69, 9.17) is 11.0 Å². The summed E-state index contributed by atoms with van der Waals surface area (Å²) in [6.07, 6.45) is -3.91. The minimum absolute atomic E-state index is 0.0289. The molecule has 2 N–H and O–H groups in total. The number of aromatic amines is 1. The summed E-state index contributed by atoms with van der Waals surface area (Å²) in [5.74, 6) is 0. The smallest absolute Gasteiger partial charge is 0.332 e. The van der Waals surface area contributed by atoms with Gasteiger partial charge in [-0.25, -0.2) is 4.79 Å². The van der Waals surface area contributed by atoms with E-state index in [0.717, 1.165) is 0 Å². The van der Waals surface area contributed by atoms with Gasteiger partial charge in [-0.1, -0.05) is 0 Å². The van der Waals surface area contributed by atoms with Crippen LogP contribution in [-0.4, -0.2) is 25.3 Å². The summed E-state index contributed by atoms with van der Waals surface area (Å²) < 4.78 is 60.7. The largest absolute Gasteiger partial charge is 0.393 e. The molecule has 0 saturated carbocycles. The molecule has 0 aliphatic rings. The predicted octanol–water partition coefficient (Wildman–Crippen LogP) is 0.888. The number of nitrogens with zero attached hydrogens (tertiary/aromatic N) is 2. The average Bonchev–Trinajstić information content (AvgIpc) is 2.89. The first kappa shape index (κ1) is 7.26. The fraction of sp³-hybridized carbons (Fsp3) is 0.571. The topological polar surface area (TPSA) is 80.0 Å². The molecule has 20 heavy (non-hydrogen) atoms. The van der Waals surface area contributed by atoms with Gasteiger partial charge in [0, 0.05) is 30.7 Å². The maximum atomic E-state index is 12.7. The Hall–Kier alpha value is -1.82. The van der Waals surface area contributed by atoms with Gasteiger partial charge in [0.2, 0.25) is 0 Å². The van der Waals surface area contributed by atoms with E-state index in [1.54, 1.807) is 6.92 Å². The molecule has 0 fully saturated rings. The van der Waals surface area contributed by atoms with Crippen molar-refractivity contribution in [3.63, 3.8) is 0 Å². The summed E-state index contributed by atoms with van der Waals surface area (Å²) >= 11 is 0. The second-order valence-electron chi connectivity index (χ2n) is 4.48. The normalized spacial score (nSPS) is 20.9. The molecule has 6 nitrogen and oxygen atoms in total. The Morgan fingerprint density at radius 2 is 2.30 bits per heavy atom. The molecule has 0 aliphatic carbocycles. The van der Waals surface area contributed by atoms with Crippen LogP contribution in [0.15, 0.2) is 15.8 Å². The Kier molecular flexibility index (Phi) is 2.06. The highest BCUT2D eigenvalue weighted by molar-refractivity contribution is 5.78. The summed E-state index contributed by atoms with van der Waals surface area (Å²) in [6.45, 7) is -4.53. The van der Waals surface area contributed by atoms with Crippen LogP contribution in [0.2, 0.25) is 0 Å². The molecular formula is C14H21N3O3. The Morgan fingerprint density at radius 1 is 1.50 bits per heavy atom. The molecule has 0 aliphatic heterocycles. The van der Waals surface area contributed by atoms with E-state index in [-0.39, 0.29) is 24.0 Å². The second-order valence-corrected chi connectivity index (χ2v) is 4.48. The first-order valence-corrected chi connectivity index (χ1v) is 6.11. The maximum absolute atomic E-state index is 12.7. The minimum Gasteiger partial charge on any atom is -0.393 e. The number of hydrogen-bond donors (Lipinski definition) is 2. The van der Waals surface area contributed by atoms with Crippen molar-refractivity contribution < 1.29 is 16.1 Å². The lowest BCUT2D eigenvalue weighted by atomic mass is 10.2. The first-order chi connectivity index (χ1) is 12.6. The lowest BCUT2D eigenvalue weighted by Gasteiger charge is -2.09. The first-order valence-electron chi connectivity index (χ1n) is 10.1. The molecule has 2 aromatic heterocycles. The zero-order valence-corrected chi connectivity index (χ0v) is 10.9. The van der Waals surface area contributed by atoms with Crippen molar-refractivity contribution in [1.82, 2.24) is 14.1 Å². The lowest BCUT2D eigenvalue weighted by molar-refractivity contribution is 0.180. The number of aromatic nitrogens is 3. The molecule has 1 unspecified atom stereocenters. The van der Waals surface area contributed by atoms with Gasteiger partial charge in [-0.3, -0.25) is 13.9 Å². The number of aliphatic hydroxyl groups excluding tert-OH is 1. The molecule has 1 atom stereocenters. The summed E-state index contributed by atoms with van der Waals surface area (Å²) in [7, 11) is 0. The number of H-pyrrole nitrogens is 1. The minimum atomic E-state index is -2.92. The zero-order valence-electron chi connectivity index (χ0n) is 18.9. The Labute approximate surface area is 127 Å². The monoisotopic (exact) mass is 287 g/mol. The van der Waals surface area contributed by atoms with E-state index in [9.17, 15) is 14.7 Å². The molecule has 2 rings (SSSR count). The SMILES string of the molecule is [2H]C([2H])([2H])C(O)C([2H])([2H])CCCn1c(=O)c2c(C)c[nH]c2n(C([2H])([2H])[2H])c1=O. The van der Waals surface area contributed by atoms with Crippen LogP contribution in [0.5, 0.6) is 0 Å². The van der Waals surface area contributed by atoms with Gasteiger partial charge in [-0.15, -0.1) is 0 Å². The van der Waals surface area contributed by atoms with Crippen molar-refractivity contribution in [2.45, 2.75) is 45.6 Å². The zero-order chi connectivity index (χ0) is 21.7. The van der Waals surface area contributed by atoms with Crippen molar-refractivity contribution in [3.8, 4) is 0 Å². The molecule has 0 bridgehead atoms. The number of fused-ring (bicyclic) bond motifs is 1. The van der Waals surface area contributed by atoms with Crippen LogP contribution in [0.1, 0.15) is 42.6 Å². The molecule has 0 amide bonds. The quantitative estimate of drug-likeness (QED) is 0.857. The third-order valence-electron chi connectivity index (χ3n) is 3.06. The Bertz CT molecular complexity index is 983. The molecule has 0 spiro atoms. The second kappa shape index (κ2) is 5.66. The average molecular weight is 287 g/mol. The van der Waals surface area contributed by atoms with Gasteiger partial charge >= 0.3 is 5.69 Å². The van der Waals surface area contributed by atoms with Crippen LogP contribution < -0.4 is 11.2 Å². The molecule has 0 aromatic carbocycles. The number of aliphatic hydroxyl groups is 1. The summed E-state index contributed by atoms with van der Waals surface area (Å²) in [5.41, 5.74) is -1.50. The van der Waals surface area contributed by atoms with Crippen molar-refractivity contribution in [2.75, 3.05) is 0 Å². The van der Waals surface area contributed by atoms with E-state index in [1.165, 1.54) is 6.20 Å². The van der Waals surface area contributed by atoms with Crippen molar-refractivity contribution in [2.24, 2.45) is 6.98 Å². The summed E-state index contributed by atoms with van der Waals surface area (Å²) in [5, 5.41) is 9.70. The molecule has 6 heteroatoms. The van der Waals surface area contributed by atoms with Gasteiger partial charge in [0.15, 0.2) is 0 Å². The van der Waals surface area contributed by atoms with Crippen molar-refractivity contribution in [3.05, 3.63) is 32.6 Å². The highest BCUT2D eigenvalue weighted by atomic mass is 16.3. The van der Waals surface area contributed by atoms with Crippen LogP contribution >= 0.6 is 0 Å². The van der Waals surface area contributed by atoms with Gasteiger partial charge < -0.3 is 10.1 Å². The molecule has 2 aromatic rings. The molecule has 0 saturated heterocycles. The van der Waals surface area contributed by atoms with E-state index >= 15 is 0 Å². The molecule has 2 heterocycles. The van der Waals surface area contributed by atoms with E-state index < -0.39 is 44.0 Å². The van der Waals surface area contributed by atoms with Crippen LogP contribution in [0, 0.1) is 6.92 Å². The van der Waals surface area contributed by atoms with Crippen LogP contribution in [-0.2, 0) is 13.5 Å². The van der Waals surface area contributed by atoms with Crippen LogP contribution in [0.25, 0.3) is 11.0 Å². The third-order valence-corrected chi connectivity index (χ3v) is 3.06. The molecular weight excluding hydrogens is 258 g/mol. The number of aryl methyl sites for hydroxylation is 2. The maximum Gasteiger partial charge on any atom is 0.332 e. The summed E-state index contributed by atoms with van der Waals surface area (Å²) in [4.78, 5) is 27.9. The van der Waals surface area contributed by atoms with Crippen molar-refractivity contribution >= 4 is 11.0 Å². The van der Waals surface area contributed by atoms with Crippen LogP contribution in [0.4, 0.5) is 0 Å². The fourth-order valence-corrected chi connectivity index (χ4v) is 2.07. The number of rotatable bonds is 5. The Morgan fingerprint density at radius 3 is 3.00 bits per heavy atom. The standard InChI is InChI=1S/C14H21N3O3/c1-9-8-15-12-11(9)13(19)17(14(20)16(12)3)7-5-4-6-10(2)18/h8,10,15,18H,4-7H2,1-3H3/i2D3,3D3,6D2. The van der Waals surface area contributed by atoms with E-state index in [1.807, 2.05) is 0 Å². The van der Waals surface area contributed by atoms with E-state index in [0.29, 0.717) is 14.7 Å². The van der Waals surface area contributed by atoms with Crippen molar-refractivity contribution in [1.29, 1.82) is 0 Å². The highest BCUT2D eigenvalue weighted by Crippen LogP contribution is 2.10. The van der Waals surface area contributed by atoms with Gasteiger partial charge in [0.25, 0.3) is 5.56 Å². The number of hydrogen-bond acceptors (Lipinski definition) is 3. The lowest BCUT2D eigenvalue weighted by Crippen LogP contribution is -2.39. The molecule has 0 radical (unpaired) electrons. The van der Waals surface area contributed by atoms with Gasteiger partial charge in [0.1, 0.15) is 5.65 Å². The Balaban J connectivity index is 2.42. The number of nitrogens with one attached hydrogen (secondary N) is 1. The third kappa shape index (κ3) is 2.56. The van der Waals surface area contributed by atoms with Gasteiger partial charge in [-0.2, -0.15) is 0 Å². The van der Waals surface area contributed by atoms with Gasteiger partial charge in [-0.05, 0) is 38.6 Å². The molecule has 110 valence electrons. The fourth-order valence-electron chi connectivity index (χ4n) is 2.07. The predicted molar refractivity (Wildman–Crippen MR) is 78.1 cm³/mol. The van der Waals surface area contributed by atoms with Crippen LogP contribution in [0.3, 0.4) is 0 Å². The van der Waals surface area contributed by atoms with Gasteiger partial charge in [0.05, 0.1) is 11.5 Å². The summed E-state index contributed by atoms with van der Waals surface area (Å²) in [6, 6.07) is 0. The highest BCUT2D eigenvalue weighted by Gasteiger charge is 2.13. The van der Waals surface area contributed by atoms with E-state index in [2.05, 4.69) is 4.98 Å².